The van der Waals surface area contributed by atoms with Crippen LogP contribution in [-0.4, -0.2) is 54.7 Å². The van der Waals surface area contributed by atoms with Crippen LogP contribution in [0.5, 0.6) is 11.5 Å². The highest BCUT2D eigenvalue weighted by molar-refractivity contribution is 6.46. The Morgan fingerprint density at radius 1 is 1.09 bits per heavy atom. The molecule has 0 saturated carbocycles. The maximum Gasteiger partial charge on any atom is 0.295 e. The van der Waals surface area contributed by atoms with Crippen LogP contribution in [0.3, 0.4) is 0 Å². The van der Waals surface area contributed by atoms with Crippen LogP contribution in [0.1, 0.15) is 63.3 Å². The molecule has 0 aromatic heterocycles. The lowest BCUT2D eigenvalue weighted by molar-refractivity contribution is -0.140. The third-order valence-electron chi connectivity index (χ3n) is 5.93. The molecule has 0 spiro atoms. The van der Waals surface area contributed by atoms with Gasteiger partial charge in [0.2, 0.25) is 0 Å². The van der Waals surface area contributed by atoms with Crippen molar-refractivity contribution in [2.24, 2.45) is 0 Å². The lowest BCUT2D eigenvalue weighted by Gasteiger charge is -2.26. The van der Waals surface area contributed by atoms with Crippen LogP contribution in [0.4, 0.5) is 0 Å². The van der Waals surface area contributed by atoms with E-state index in [-0.39, 0.29) is 36.5 Å². The van der Waals surface area contributed by atoms with Crippen molar-refractivity contribution in [3.8, 4) is 11.5 Å². The number of methoxy groups -OCH3 is 1. The Morgan fingerprint density at radius 2 is 1.83 bits per heavy atom. The Labute approximate surface area is 207 Å². The van der Waals surface area contributed by atoms with Gasteiger partial charge in [-0.05, 0) is 68.1 Å². The van der Waals surface area contributed by atoms with Crippen molar-refractivity contribution in [3.05, 3.63) is 64.7 Å². The molecule has 2 aromatic carbocycles. The molecule has 1 unspecified atom stereocenters. The number of benzene rings is 2. The first kappa shape index (κ1) is 26.3. The second-order valence-corrected chi connectivity index (χ2v) is 9.03. The average molecular weight is 482 g/mol. The number of hydrogen-bond donors (Lipinski definition) is 1. The van der Waals surface area contributed by atoms with Crippen molar-refractivity contribution in [1.29, 1.82) is 0 Å². The number of carbonyl (C=O) groups excluding carboxylic acids is 2. The van der Waals surface area contributed by atoms with Crippen LogP contribution >= 0.6 is 0 Å². The number of aliphatic hydroxyl groups is 1. The van der Waals surface area contributed by atoms with Gasteiger partial charge in [0.1, 0.15) is 17.3 Å². The third kappa shape index (κ3) is 5.68. The summed E-state index contributed by atoms with van der Waals surface area (Å²) in [6.07, 6.45) is -0.0136. The molecule has 188 valence electrons. The normalized spacial score (nSPS) is 17.5. The Kier molecular flexibility index (Phi) is 8.57. The first-order chi connectivity index (χ1) is 16.7. The molecule has 3 rings (SSSR count). The van der Waals surface area contributed by atoms with Crippen LogP contribution in [0.15, 0.2) is 48.0 Å². The maximum atomic E-state index is 13.3. The molecule has 0 bridgehead atoms. The summed E-state index contributed by atoms with van der Waals surface area (Å²) in [6, 6.07) is 11.8. The van der Waals surface area contributed by atoms with E-state index in [1.165, 1.54) is 4.90 Å². The minimum Gasteiger partial charge on any atom is -0.507 e. The standard InChI is InChI=1S/C28H35NO6/c1-7-34-21-10-8-9-19(15-21)25-24(27(31)28(32)29(25)13-14-35-18(4)5)26(30)20-11-12-23(33-6)22(16-20)17(2)3/h8-12,15-18,25,30H,7,13-14H2,1-6H3/b26-24+. The van der Waals surface area contributed by atoms with E-state index in [1.54, 1.807) is 25.3 Å². The topological polar surface area (TPSA) is 85.3 Å². The van der Waals surface area contributed by atoms with Crippen LogP contribution in [0.25, 0.3) is 5.76 Å². The molecule has 1 amide bonds. The van der Waals surface area contributed by atoms with Gasteiger partial charge in [-0.25, -0.2) is 0 Å². The lowest BCUT2D eigenvalue weighted by atomic mass is 9.93. The first-order valence-corrected chi connectivity index (χ1v) is 12.0. The third-order valence-corrected chi connectivity index (χ3v) is 5.93. The zero-order chi connectivity index (χ0) is 25.7. The molecule has 1 N–H and O–H groups in total. The van der Waals surface area contributed by atoms with Gasteiger partial charge in [-0.3, -0.25) is 9.59 Å². The Hall–Kier alpha value is -3.32. The first-order valence-electron chi connectivity index (χ1n) is 12.0. The summed E-state index contributed by atoms with van der Waals surface area (Å²) in [5.41, 5.74) is 2.08. The Balaban J connectivity index is 2.15. The number of rotatable bonds is 10. The summed E-state index contributed by atoms with van der Waals surface area (Å²) in [5.74, 6) is -0.146. The molecule has 35 heavy (non-hydrogen) atoms. The fourth-order valence-electron chi connectivity index (χ4n) is 4.27. The molecule has 0 aliphatic carbocycles. The van der Waals surface area contributed by atoms with Crippen molar-refractivity contribution in [3.63, 3.8) is 0 Å². The summed E-state index contributed by atoms with van der Waals surface area (Å²) in [6.45, 7) is 10.7. The van der Waals surface area contributed by atoms with Gasteiger partial charge in [0.15, 0.2) is 0 Å². The zero-order valence-corrected chi connectivity index (χ0v) is 21.3. The van der Waals surface area contributed by atoms with E-state index in [0.29, 0.717) is 29.2 Å². The predicted molar refractivity (Wildman–Crippen MR) is 135 cm³/mol. The lowest BCUT2D eigenvalue weighted by Crippen LogP contribution is -2.33. The van der Waals surface area contributed by atoms with E-state index in [1.807, 2.05) is 58.9 Å². The fourth-order valence-corrected chi connectivity index (χ4v) is 4.27. The number of Topliss-reactive ketones (excluding diaryl/α,β-unsaturated/α-hetero) is 1. The number of ether oxygens (including phenoxy) is 3. The monoisotopic (exact) mass is 481 g/mol. The molecule has 7 heteroatoms. The molecule has 1 saturated heterocycles. The second kappa shape index (κ2) is 11.4. The van der Waals surface area contributed by atoms with Gasteiger partial charge in [0.05, 0.1) is 38.0 Å². The van der Waals surface area contributed by atoms with E-state index in [9.17, 15) is 14.7 Å². The van der Waals surface area contributed by atoms with Gasteiger partial charge in [0, 0.05) is 12.1 Å². The van der Waals surface area contributed by atoms with E-state index in [4.69, 9.17) is 14.2 Å². The highest BCUT2D eigenvalue weighted by Crippen LogP contribution is 2.41. The van der Waals surface area contributed by atoms with E-state index in [0.717, 1.165) is 5.56 Å². The fraction of sp³-hybridized carbons (Fsp3) is 0.429. The quantitative estimate of drug-likeness (QED) is 0.290. The van der Waals surface area contributed by atoms with Crippen molar-refractivity contribution in [1.82, 2.24) is 4.90 Å². The average Bonchev–Trinajstić information content (AvgIpc) is 3.08. The Morgan fingerprint density at radius 3 is 2.46 bits per heavy atom. The Bertz CT molecular complexity index is 1100. The molecule has 0 radical (unpaired) electrons. The summed E-state index contributed by atoms with van der Waals surface area (Å²) in [7, 11) is 1.59. The van der Waals surface area contributed by atoms with E-state index >= 15 is 0 Å². The number of nitrogens with zero attached hydrogens (tertiary/aromatic N) is 1. The largest absolute Gasteiger partial charge is 0.507 e. The number of amides is 1. The maximum absolute atomic E-state index is 13.3. The number of aliphatic hydroxyl groups excluding tert-OH is 1. The van der Waals surface area contributed by atoms with Crippen molar-refractivity contribution < 1.29 is 28.9 Å². The van der Waals surface area contributed by atoms with Gasteiger partial charge in [0.25, 0.3) is 11.7 Å². The molecule has 7 nitrogen and oxygen atoms in total. The van der Waals surface area contributed by atoms with Gasteiger partial charge < -0.3 is 24.2 Å². The number of carbonyl (C=O) groups is 2. The summed E-state index contributed by atoms with van der Waals surface area (Å²) >= 11 is 0. The minimum absolute atomic E-state index is 0.0136. The highest BCUT2D eigenvalue weighted by atomic mass is 16.5. The van der Waals surface area contributed by atoms with Crippen molar-refractivity contribution in [2.75, 3.05) is 26.9 Å². The van der Waals surface area contributed by atoms with Crippen LogP contribution in [0.2, 0.25) is 0 Å². The molecule has 1 aliphatic heterocycles. The van der Waals surface area contributed by atoms with Crippen molar-refractivity contribution >= 4 is 17.4 Å². The molecular formula is C28H35NO6. The molecule has 1 fully saturated rings. The van der Waals surface area contributed by atoms with Gasteiger partial charge in [-0.2, -0.15) is 0 Å². The van der Waals surface area contributed by atoms with Gasteiger partial charge in [-0.1, -0.05) is 26.0 Å². The van der Waals surface area contributed by atoms with E-state index in [2.05, 4.69) is 0 Å². The number of hydrogen-bond acceptors (Lipinski definition) is 6. The highest BCUT2D eigenvalue weighted by Gasteiger charge is 2.46. The van der Waals surface area contributed by atoms with Crippen LogP contribution in [-0.2, 0) is 14.3 Å². The molecular weight excluding hydrogens is 446 g/mol. The second-order valence-electron chi connectivity index (χ2n) is 9.03. The molecule has 1 aliphatic rings. The van der Waals surface area contributed by atoms with Gasteiger partial charge >= 0.3 is 0 Å². The molecule has 1 atom stereocenters. The zero-order valence-electron chi connectivity index (χ0n) is 21.3. The smallest absolute Gasteiger partial charge is 0.295 e. The van der Waals surface area contributed by atoms with Crippen LogP contribution < -0.4 is 9.47 Å². The summed E-state index contributed by atoms with van der Waals surface area (Å²) in [5, 5.41) is 11.4. The molecule has 1 heterocycles. The SMILES string of the molecule is CCOc1cccc(C2/C(=C(\O)c3ccc(OC)c(C(C)C)c3)C(=O)C(=O)N2CCOC(C)C)c1. The summed E-state index contributed by atoms with van der Waals surface area (Å²) < 4.78 is 16.8. The van der Waals surface area contributed by atoms with Gasteiger partial charge in [-0.15, -0.1) is 0 Å². The predicted octanol–water partition coefficient (Wildman–Crippen LogP) is 5.06. The van der Waals surface area contributed by atoms with E-state index < -0.39 is 17.7 Å². The minimum atomic E-state index is -0.768. The van der Waals surface area contributed by atoms with Crippen molar-refractivity contribution in [2.45, 2.75) is 52.7 Å². The molecule has 2 aromatic rings. The number of ketones is 1. The van der Waals surface area contributed by atoms with Crippen LogP contribution in [0, 0.1) is 0 Å². The summed E-state index contributed by atoms with van der Waals surface area (Å²) in [4.78, 5) is 27.8. The number of likely N-dealkylation sites (tertiary alicyclic amines) is 1.